The van der Waals surface area contributed by atoms with Gasteiger partial charge in [-0.25, -0.2) is 0 Å². The Hall–Kier alpha value is -0.290. The molecule has 0 radical (unpaired) electrons. The number of piperazine rings is 1. The Morgan fingerprint density at radius 3 is 2.24 bits per heavy atom. The Bertz CT molecular complexity index is 320. The molecule has 1 heterocycles. The van der Waals surface area contributed by atoms with E-state index >= 15 is 0 Å². The molecule has 2 rings (SSSR count). The summed E-state index contributed by atoms with van der Waals surface area (Å²) in [4.78, 5) is 1.74. The Morgan fingerprint density at radius 1 is 1.10 bits per heavy atom. The number of nitrogens with one attached hydrogen (secondary N) is 1. The lowest BCUT2D eigenvalue weighted by atomic mass is 9.79. The maximum Gasteiger partial charge on any atom is 0.401 e. The Kier molecular flexibility index (Phi) is 5.58. The van der Waals surface area contributed by atoms with E-state index in [4.69, 9.17) is 0 Å². The van der Waals surface area contributed by atoms with Crippen molar-refractivity contribution in [3.63, 3.8) is 0 Å². The molecule has 0 amide bonds. The lowest BCUT2D eigenvalue weighted by molar-refractivity contribution is -0.161. The van der Waals surface area contributed by atoms with Crippen molar-refractivity contribution in [1.29, 1.82) is 0 Å². The first-order valence-corrected chi connectivity index (χ1v) is 8.45. The van der Waals surface area contributed by atoms with E-state index in [9.17, 15) is 13.2 Å². The first-order chi connectivity index (χ1) is 9.89. The van der Waals surface area contributed by atoms with E-state index in [1.165, 1.54) is 19.3 Å². The molecule has 1 aliphatic heterocycles. The van der Waals surface area contributed by atoms with Gasteiger partial charge in [-0.2, -0.15) is 13.2 Å². The van der Waals surface area contributed by atoms with Crippen LogP contribution in [0.4, 0.5) is 13.2 Å². The molecule has 124 valence electrons. The van der Waals surface area contributed by atoms with Crippen LogP contribution in [0.5, 0.6) is 0 Å². The average Bonchev–Trinajstić information content (AvgIpc) is 2.46. The molecular weight excluding hydrogens is 277 g/mol. The van der Waals surface area contributed by atoms with Crippen molar-refractivity contribution in [2.75, 3.05) is 19.6 Å². The number of nitrogens with zero attached hydrogens (tertiary/aromatic N) is 1. The van der Waals surface area contributed by atoms with E-state index < -0.39 is 12.7 Å². The minimum Gasteiger partial charge on any atom is -0.308 e. The van der Waals surface area contributed by atoms with Crippen LogP contribution in [0.15, 0.2) is 0 Å². The molecule has 1 N–H and O–H groups in total. The van der Waals surface area contributed by atoms with E-state index in [0.29, 0.717) is 19.0 Å². The molecule has 5 heteroatoms. The van der Waals surface area contributed by atoms with E-state index in [1.807, 2.05) is 0 Å². The van der Waals surface area contributed by atoms with E-state index in [2.05, 4.69) is 19.2 Å². The predicted molar refractivity (Wildman–Crippen MR) is 79.3 cm³/mol. The molecular formula is C16H29F3N2. The molecule has 1 aliphatic carbocycles. The number of rotatable bonds is 4. The van der Waals surface area contributed by atoms with Gasteiger partial charge >= 0.3 is 6.18 Å². The molecule has 1 saturated heterocycles. The minimum absolute atomic E-state index is 0.0538. The molecule has 0 aromatic heterocycles. The molecule has 2 aliphatic rings. The molecule has 0 bridgehead atoms. The lowest BCUT2D eigenvalue weighted by Crippen LogP contribution is -2.66. The molecule has 2 fully saturated rings. The third-order valence-electron chi connectivity index (χ3n) is 5.59. The smallest absolute Gasteiger partial charge is 0.308 e. The van der Waals surface area contributed by atoms with Crippen molar-refractivity contribution in [3.05, 3.63) is 0 Å². The maximum absolute atomic E-state index is 13.0. The first kappa shape index (κ1) is 17.1. The van der Waals surface area contributed by atoms with Gasteiger partial charge in [0.25, 0.3) is 0 Å². The number of hydrogen-bond donors (Lipinski definition) is 1. The van der Waals surface area contributed by atoms with Gasteiger partial charge in [0, 0.05) is 24.7 Å². The highest BCUT2D eigenvalue weighted by molar-refractivity contribution is 4.99. The number of alkyl halides is 3. The Balaban J connectivity index is 2.11. The zero-order chi connectivity index (χ0) is 15.5. The Labute approximate surface area is 126 Å². The molecule has 0 aromatic rings. The fraction of sp³-hybridized carbons (Fsp3) is 1.00. The van der Waals surface area contributed by atoms with Gasteiger partial charge in [0.1, 0.15) is 0 Å². The van der Waals surface area contributed by atoms with Crippen LogP contribution in [0.3, 0.4) is 0 Å². The van der Waals surface area contributed by atoms with Gasteiger partial charge in [-0.3, -0.25) is 4.90 Å². The normalized spacial score (nSPS) is 28.7. The molecule has 1 atom stereocenters. The SMILES string of the molecule is CCC1(CC)CN(CC(F)(F)F)C(C2CCCCC2)CN1. The quantitative estimate of drug-likeness (QED) is 0.845. The van der Waals surface area contributed by atoms with Crippen LogP contribution in [-0.4, -0.2) is 42.3 Å². The van der Waals surface area contributed by atoms with Gasteiger partial charge in [-0.15, -0.1) is 0 Å². The third-order valence-corrected chi connectivity index (χ3v) is 5.59. The summed E-state index contributed by atoms with van der Waals surface area (Å²) in [6.45, 7) is 4.63. The highest BCUT2D eigenvalue weighted by Crippen LogP contribution is 2.34. The van der Waals surface area contributed by atoms with Crippen LogP contribution in [0.1, 0.15) is 58.8 Å². The van der Waals surface area contributed by atoms with Crippen molar-refractivity contribution in [2.24, 2.45) is 5.92 Å². The van der Waals surface area contributed by atoms with Crippen molar-refractivity contribution < 1.29 is 13.2 Å². The second-order valence-electron chi connectivity index (χ2n) is 6.85. The van der Waals surface area contributed by atoms with Gasteiger partial charge in [0.2, 0.25) is 0 Å². The number of hydrogen-bond acceptors (Lipinski definition) is 2. The zero-order valence-corrected chi connectivity index (χ0v) is 13.3. The van der Waals surface area contributed by atoms with Gasteiger partial charge in [-0.05, 0) is 31.6 Å². The fourth-order valence-electron chi connectivity index (χ4n) is 4.12. The van der Waals surface area contributed by atoms with E-state index in [1.54, 1.807) is 4.90 Å². The highest BCUT2D eigenvalue weighted by atomic mass is 19.4. The predicted octanol–water partition coefficient (Wildman–Crippen LogP) is 3.96. The summed E-state index contributed by atoms with van der Waals surface area (Å²) in [5.41, 5.74) is -0.142. The summed E-state index contributed by atoms with van der Waals surface area (Å²) >= 11 is 0. The third kappa shape index (κ3) is 4.35. The summed E-state index contributed by atoms with van der Waals surface area (Å²) in [6, 6.07) is 0.0538. The van der Waals surface area contributed by atoms with Gasteiger partial charge < -0.3 is 5.32 Å². The van der Waals surface area contributed by atoms with Crippen LogP contribution in [0, 0.1) is 5.92 Å². The van der Waals surface area contributed by atoms with E-state index in [0.717, 1.165) is 25.7 Å². The van der Waals surface area contributed by atoms with Gasteiger partial charge in [0.05, 0.1) is 6.54 Å². The summed E-state index contributed by atoms with van der Waals surface area (Å²) in [7, 11) is 0. The largest absolute Gasteiger partial charge is 0.401 e. The topological polar surface area (TPSA) is 15.3 Å². The molecule has 1 unspecified atom stereocenters. The molecule has 0 spiro atoms. The summed E-state index contributed by atoms with van der Waals surface area (Å²) in [5.74, 6) is 0.431. The standard InChI is InChI=1S/C16H29F3N2/c1-3-15(4-2)11-21(12-16(17,18)19)14(10-20-15)13-8-6-5-7-9-13/h13-14,20H,3-12H2,1-2H3. The maximum atomic E-state index is 13.0. The van der Waals surface area contributed by atoms with Crippen LogP contribution >= 0.6 is 0 Å². The second-order valence-corrected chi connectivity index (χ2v) is 6.85. The Morgan fingerprint density at radius 2 is 1.71 bits per heavy atom. The van der Waals surface area contributed by atoms with E-state index in [-0.39, 0.29) is 11.6 Å². The first-order valence-electron chi connectivity index (χ1n) is 8.45. The van der Waals surface area contributed by atoms with Gasteiger partial charge in [0.15, 0.2) is 0 Å². The molecule has 21 heavy (non-hydrogen) atoms. The van der Waals surface area contributed by atoms with Crippen LogP contribution in [-0.2, 0) is 0 Å². The molecule has 1 saturated carbocycles. The summed E-state index contributed by atoms with van der Waals surface area (Å²) < 4.78 is 38.9. The minimum atomic E-state index is -4.10. The number of halogens is 3. The summed E-state index contributed by atoms with van der Waals surface area (Å²) in [5, 5.41) is 3.59. The lowest BCUT2D eigenvalue weighted by Gasteiger charge is -2.50. The van der Waals surface area contributed by atoms with Crippen molar-refractivity contribution in [3.8, 4) is 0 Å². The highest BCUT2D eigenvalue weighted by Gasteiger charge is 2.44. The molecule has 0 aromatic carbocycles. The summed E-state index contributed by atoms with van der Waals surface area (Å²) in [6.07, 6.45) is 3.44. The van der Waals surface area contributed by atoms with Crippen LogP contribution in [0.2, 0.25) is 0 Å². The van der Waals surface area contributed by atoms with Crippen molar-refractivity contribution >= 4 is 0 Å². The second kappa shape index (κ2) is 6.86. The van der Waals surface area contributed by atoms with Crippen molar-refractivity contribution in [2.45, 2.75) is 76.6 Å². The average molecular weight is 306 g/mol. The van der Waals surface area contributed by atoms with Crippen LogP contribution in [0.25, 0.3) is 0 Å². The fourth-order valence-corrected chi connectivity index (χ4v) is 4.12. The van der Waals surface area contributed by atoms with Gasteiger partial charge in [-0.1, -0.05) is 33.1 Å². The zero-order valence-electron chi connectivity index (χ0n) is 13.3. The van der Waals surface area contributed by atoms with Crippen LogP contribution < -0.4 is 5.32 Å². The van der Waals surface area contributed by atoms with Crippen molar-refractivity contribution in [1.82, 2.24) is 10.2 Å². The molecule has 2 nitrogen and oxygen atoms in total. The monoisotopic (exact) mass is 306 g/mol.